The summed E-state index contributed by atoms with van der Waals surface area (Å²) in [6, 6.07) is 2.10. The van der Waals surface area contributed by atoms with Gasteiger partial charge in [-0.3, -0.25) is 9.79 Å². The van der Waals surface area contributed by atoms with Crippen LogP contribution < -0.4 is 10.6 Å². The first-order valence-corrected chi connectivity index (χ1v) is 8.23. The lowest BCUT2D eigenvalue weighted by atomic mass is 10.1. The molecular formula is C18H22N4O. The summed E-state index contributed by atoms with van der Waals surface area (Å²) in [6.07, 6.45) is 8.51. The van der Waals surface area contributed by atoms with E-state index < -0.39 is 0 Å². The van der Waals surface area contributed by atoms with Crippen molar-refractivity contribution >= 4 is 11.6 Å². The molecule has 0 unspecified atom stereocenters. The molecule has 3 aliphatic rings. The molecule has 1 aliphatic heterocycles. The van der Waals surface area contributed by atoms with E-state index in [1.807, 2.05) is 13.0 Å². The van der Waals surface area contributed by atoms with Crippen molar-refractivity contribution in [3.8, 4) is 6.07 Å². The van der Waals surface area contributed by atoms with Gasteiger partial charge in [0.2, 0.25) is 0 Å². The van der Waals surface area contributed by atoms with Crippen molar-refractivity contribution in [3.63, 3.8) is 0 Å². The number of carbonyl (C=O) groups excluding carboxylic acids is 1. The minimum Gasteiger partial charge on any atom is -0.360 e. The second-order valence-electron chi connectivity index (χ2n) is 6.41. The fraction of sp³-hybridized carbons (Fsp3) is 0.500. The molecule has 1 amide bonds. The third kappa shape index (κ3) is 3.53. The summed E-state index contributed by atoms with van der Waals surface area (Å²) >= 11 is 0. The molecule has 120 valence electrons. The van der Waals surface area contributed by atoms with Crippen LogP contribution in [-0.4, -0.2) is 17.7 Å². The molecule has 0 radical (unpaired) electrons. The van der Waals surface area contributed by atoms with Crippen molar-refractivity contribution < 1.29 is 4.79 Å². The quantitative estimate of drug-likeness (QED) is 0.791. The van der Waals surface area contributed by atoms with Gasteiger partial charge < -0.3 is 10.6 Å². The summed E-state index contributed by atoms with van der Waals surface area (Å²) in [7, 11) is 0. The molecule has 0 aromatic heterocycles. The first-order valence-electron chi connectivity index (χ1n) is 8.23. The fourth-order valence-electron chi connectivity index (χ4n) is 2.84. The van der Waals surface area contributed by atoms with Crippen LogP contribution in [0.1, 0.15) is 39.0 Å². The van der Waals surface area contributed by atoms with Crippen LogP contribution in [0.2, 0.25) is 0 Å². The molecule has 2 aliphatic carbocycles. The van der Waals surface area contributed by atoms with Crippen LogP contribution in [0.3, 0.4) is 0 Å². The van der Waals surface area contributed by atoms with Gasteiger partial charge in [0, 0.05) is 23.9 Å². The van der Waals surface area contributed by atoms with Crippen LogP contribution in [0, 0.1) is 23.2 Å². The monoisotopic (exact) mass is 310 g/mol. The Kier molecular flexibility index (Phi) is 4.33. The van der Waals surface area contributed by atoms with Gasteiger partial charge in [0.1, 0.15) is 5.71 Å². The van der Waals surface area contributed by atoms with Crippen LogP contribution in [0.25, 0.3) is 0 Å². The third-order valence-corrected chi connectivity index (χ3v) is 4.53. The van der Waals surface area contributed by atoms with E-state index in [0.29, 0.717) is 35.2 Å². The van der Waals surface area contributed by atoms with E-state index in [1.54, 1.807) is 6.20 Å². The second kappa shape index (κ2) is 6.41. The molecule has 0 aromatic rings. The minimum absolute atomic E-state index is 0.0619. The summed E-state index contributed by atoms with van der Waals surface area (Å²) in [5, 5.41) is 14.9. The zero-order chi connectivity index (χ0) is 16.4. The highest BCUT2D eigenvalue weighted by Crippen LogP contribution is 2.38. The van der Waals surface area contributed by atoms with Gasteiger partial charge in [-0.25, -0.2) is 0 Å². The molecule has 0 aromatic carbocycles. The van der Waals surface area contributed by atoms with E-state index in [9.17, 15) is 4.79 Å². The van der Waals surface area contributed by atoms with Crippen LogP contribution in [0.4, 0.5) is 0 Å². The molecule has 0 spiro atoms. The molecule has 1 atom stereocenters. The van der Waals surface area contributed by atoms with Gasteiger partial charge in [-0.15, -0.1) is 0 Å². The normalized spacial score (nSPS) is 24.0. The molecule has 0 bridgehead atoms. The predicted octanol–water partition coefficient (Wildman–Crippen LogP) is 2.55. The highest BCUT2D eigenvalue weighted by atomic mass is 16.1. The Morgan fingerprint density at radius 1 is 1.57 bits per heavy atom. The zero-order valence-electron chi connectivity index (χ0n) is 13.4. The van der Waals surface area contributed by atoms with Crippen molar-refractivity contribution in [1.29, 1.82) is 5.26 Å². The number of hydrogen-bond donors (Lipinski definition) is 2. The lowest BCUT2D eigenvalue weighted by Gasteiger charge is -2.15. The molecule has 1 heterocycles. The van der Waals surface area contributed by atoms with Crippen LogP contribution in [-0.2, 0) is 4.79 Å². The topological polar surface area (TPSA) is 77.3 Å². The van der Waals surface area contributed by atoms with E-state index in [-0.39, 0.29) is 11.9 Å². The molecule has 5 heteroatoms. The van der Waals surface area contributed by atoms with Crippen molar-refractivity contribution in [2.45, 2.75) is 45.1 Å². The SMILES string of the molecule is C=C1NC=C(C(=O)N[C@H](CC#N)C2CC2)/C1=N/C(=C\C)C1CC1. The second-order valence-corrected chi connectivity index (χ2v) is 6.41. The fourth-order valence-corrected chi connectivity index (χ4v) is 2.84. The molecular weight excluding hydrogens is 288 g/mol. The largest absolute Gasteiger partial charge is 0.360 e. The number of nitriles is 1. The molecule has 2 N–H and O–H groups in total. The maximum atomic E-state index is 12.6. The van der Waals surface area contributed by atoms with Crippen molar-refractivity contribution in [2.75, 3.05) is 0 Å². The summed E-state index contributed by atoms with van der Waals surface area (Å²) in [5.41, 5.74) is 2.81. The van der Waals surface area contributed by atoms with Gasteiger partial charge in [0.15, 0.2) is 0 Å². The van der Waals surface area contributed by atoms with E-state index in [0.717, 1.165) is 31.4 Å². The maximum absolute atomic E-state index is 12.6. The molecule has 23 heavy (non-hydrogen) atoms. The van der Waals surface area contributed by atoms with Crippen molar-refractivity contribution in [1.82, 2.24) is 10.6 Å². The van der Waals surface area contributed by atoms with Gasteiger partial charge in [-0.1, -0.05) is 12.7 Å². The third-order valence-electron chi connectivity index (χ3n) is 4.53. The number of amides is 1. The molecule has 3 rings (SSSR count). The maximum Gasteiger partial charge on any atom is 0.255 e. The average molecular weight is 310 g/mol. The van der Waals surface area contributed by atoms with Crippen LogP contribution >= 0.6 is 0 Å². The Morgan fingerprint density at radius 3 is 2.87 bits per heavy atom. The Morgan fingerprint density at radius 2 is 2.30 bits per heavy atom. The van der Waals surface area contributed by atoms with E-state index >= 15 is 0 Å². The number of hydrogen-bond acceptors (Lipinski definition) is 4. The van der Waals surface area contributed by atoms with Crippen LogP contribution in [0.5, 0.6) is 0 Å². The van der Waals surface area contributed by atoms with Gasteiger partial charge in [0.25, 0.3) is 5.91 Å². The number of allylic oxidation sites excluding steroid dienone is 3. The van der Waals surface area contributed by atoms with Crippen molar-refractivity contribution in [3.05, 3.63) is 35.8 Å². The van der Waals surface area contributed by atoms with E-state index in [4.69, 9.17) is 5.26 Å². The van der Waals surface area contributed by atoms with Crippen molar-refractivity contribution in [2.24, 2.45) is 16.8 Å². The molecule has 2 saturated carbocycles. The molecule has 5 nitrogen and oxygen atoms in total. The number of nitrogens with zero attached hydrogens (tertiary/aromatic N) is 2. The molecule has 2 fully saturated rings. The summed E-state index contributed by atoms with van der Waals surface area (Å²) in [6.45, 7) is 5.92. The Bertz CT molecular complexity index is 657. The Balaban J connectivity index is 1.74. The highest BCUT2D eigenvalue weighted by molar-refractivity contribution is 6.29. The average Bonchev–Trinajstić information content (AvgIpc) is 3.43. The predicted molar refractivity (Wildman–Crippen MR) is 89.2 cm³/mol. The first kappa shape index (κ1) is 15.5. The van der Waals surface area contributed by atoms with Crippen LogP contribution in [0.15, 0.2) is 40.8 Å². The Labute approximate surface area is 136 Å². The number of rotatable bonds is 6. The van der Waals surface area contributed by atoms with E-state index in [1.165, 1.54) is 0 Å². The number of aliphatic imine (C=N–C) groups is 1. The van der Waals surface area contributed by atoms with Gasteiger partial charge in [-0.05, 0) is 38.5 Å². The van der Waals surface area contributed by atoms with Gasteiger partial charge >= 0.3 is 0 Å². The minimum atomic E-state index is -0.173. The summed E-state index contributed by atoms with van der Waals surface area (Å²) in [5.74, 6) is 0.783. The smallest absolute Gasteiger partial charge is 0.255 e. The summed E-state index contributed by atoms with van der Waals surface area (Å²) < 4.78 is 0. The van der Waals surface area contributed by atoms with Gasteiger partial charge in [-0.2, -0.15) is 5.26 Å². The molecule has 0 saturated heterocycles. The number of nitrogens with one attached hydrogen (secondary N) is 2. The van der Waals surface area contributed by atoms with E-state index in [2.05, 4.69) is 28.3 Å². The number of carbonyl (C=O) groups is 1. The summed E-state index contributed by atoms with van der Waals surface area (Å²) in [4.78, 5) is 17.3. The standard InChI is InChI=1S/C18H22N4O/c1-3-15(12-4-5-12)21-17-11(2)20-10-14(17)18(23)22-16(8-9-19)13-6-7-13/h3,10,12-13,16,20H,2,4-8H2,1H3,(H,22,23)/b15-3-,21-17+/t16-/m1/s1. The zero-order valence-corrected chi connectivity index (χ0v) is 13.4. The lowest BCUT2D eigenvalue weighted by molar-refractivity contribution is -0.117. The highest BCUT2D eigenvalue weighted by Gasteiger charge is 2.34. The lowest BCUT2D eigenvalue weighted by Crippen LogP contribution is -2.38. The first-order chi connectivity index (χ1) is 11.1. The van der Waals surface area contributed by atoms with Gasteiger partial charge in [0.05, 0.1) is 23.8 Å². The Hall–Kier alpha value is -2.35.